The Morgan fingerprint density at radius 2 is 1.90 bits per heavy atom. The monoisotopic (exact) mass is 408 g/mol. The Bertz CT molecular complexity index is 973. The zero-order valence-corrected chi connectivity index (χ0v) is 17.1. The van der Waals surface area contributed by atoms with Crippen molar-refractivity contribution in [2.45, 2.75) is 20.5 Å². The van der Waals surface area contributed by atoms with Gasteiger partial charge in [0.15, 0.2) is 0 Å². The van der Waals surface area contributed by atoms with Gasteiger partial charge in [0.25, 0.3) is 5.91 Å². The van der Waals surface area contributed by atoms with E-state index in [-0.39, 0.29) is 5.91 Å². The molecule has 4 rings (SSSR count). The molecule has 0 unspecified atom stereocenters. The van der Waals surface area contributed by atoms with E-state index in [1.165, 1.54) is 0 Å². The van der Waals surface area contributed by atoms with E-state index in [4.69, 9.17) is 14.0 Å². The normalized spacial score (nSPS) is 13.9. The third-order valence-corrected chi connectivity index (χ3v) is 5.05. The number of morpholine rings is 1. The van der Waals surface area contributed by atoms with Gasteiger partial charge in [0.05, 0.1) is 36.4 Å². The minimum Gasteiger partial charge on any atom is -0.489 e. The Hall–Kier alpha value is -3.39. The van der Waals surface area contributed by atoms with Crippen LogP contribution in [-0.4, -0.2) is 42.4 Å². The van der Waals surface area contributed by atoms with Crippen molar-refractivity contribution in [1.29, 1.82) is 0 Å². The SMILES string of the molecule is Cc1noc(C)c1COc1ccc(C(=O)Nc2ccc(N3CCOCC3)cn2)cc1. The molecule has 8 heteroatoms. The molecule has 1 aliphatic heterocycles. The van der Waals surface area contributed by atoms with Crippen molar-refractivity contribution in [3.05, 3.63) is 65.2 Å². The maximum Gasteiger partial charge on any atom is 0.256 e. The van der Waals surface area contributed by atoms with Gasteiger partial charge in [-0.2, -0.15) is 0 Å². The first kappa shape index (κ1) is 19.9. The second-order valence-electron chi connectivity index (χ2n) is 7.07. The number of carbonyl (C=O) groups excluding carboxylic acids is 1. The summed E-state index contributed by atoms with van der Waals surface area (Å²) in [5.41, 5.74) is 3.30. The van der Waals surface area contributed by atoms with Gasteiger partial charge in [-0.1, -0.05) is 5.16 Å². The molecule has 8 nitrogen and oxygen atoms in total. The van der Waals surface area contributed by atoms with Crippen LogP contribution in [-0.2, 0) is 11.3 Å². The molecule has 1 amide bonds. The highest BCUT2D eigenvalue weighted by atomic mass is 16.5. The predicted octanol–water partition coefficient (Wildman–Crippen LogP) is 3.35. The van der Waals surface area contributed by atoms with Gasteiger partial charge in [0, 0.05) is 18.7 Å². The fraction of sp³-hybridized carbons (Fsp3) is 0.318. The van der Waals surface area contributed by atoms with E-state index in [2.05, 4.69) is 20.4 Å². The fourth-order valence-corrected chi connectivity index (χ4v) is 3.22. The van der Waals surface area contributed by atoms with Crippen LogP contribution in [0.2, 0.25) is 0 Å². The van der Waals surface area contributed by atoms with Crippen molar-refractivity contribution < 1.29 is 18.8 Å². The molecule has 1 saturated heterocycles. The first-order valence-electron chi connectivity index (χ1n) is 9.85. The fourth-order valence-electron chi connectivity index (χ4n) is 3.22. The van der Waals surface area contributed by atoms with Crippen LogP contribution in [0.5, 0.6) is 5.75 Å². The first-order chi connectivity index (χ1) is 14.6. The smallest absolute Gasteiger partial charge is 0.256 e. The largest absolute Gasteiger partial charge is 0.489 e. The summed E-state index contributed by atoms with van der Waals surface area (Å²) < 4.78 is 16.3. The lowest BCUT2D eigenvalue weighted by Gasteiger charge is -2.28. The number of ether oxygens (including phenoxy) is 2. The molecule has 1 aliphatic rings. The summed E-state index contributed by atoms with van der Waals surface area (Å²) in [7, 11) is 0. The summed E-state index contributed by atoms with van der Waals surface area (Å²) in [5, 5.41) is 6.74. The average molecular weight is 408 g/mol. The Morgan fingerprint density at radius 1 is 1.13 bits per heavy atom. The second-order valence-corrected chi connectivity index (χ2v) is 7.07. The van der Waals surface area contributed by atoms with Crippen molar-refractivity contribution in [3.63, 3.8) is 0 Å². The van der Waals surface area contributed by atoms with Gasteiger partial charge < -0.3 is 24.2 Å². The Balaban J connectivity index is 1.33. The van der Waals surface area contributed by atoms with Crippen LogP contribution in [0, 0.1) is 13.8 Å². The zero-order valence-electron chi connectivity index (χ0n) is 17.1. The first-order valence-corrected chi connectivity index (χ1v) is 9.85. The number of aromatic nitrogens is 2. The summed E-state index contributed by atoms with van der Waals surface area (Å²) in [4.78, 5) is 19.1. The maximum atomic E-state index is 12.5. The zero-order chi connectivity index (χ0) is 20.9. The molecule has 0 radical (unpaired) electrons. The van der Waals surface area contributed by atoms with E-state index in [1.54, 1.807) is 30.5 Å². The summed E-state index contributed by atoms with van der Waals surface area (Å²) in [5.74, 6) is 1.70. The topological polar surface area (TPSA) is 89.7 Å². The van der Waals surface area contributed by atoms with Crippen molar-refractivity contribution >= 4 is 17.4 Å². The third-order valence-electron chi connectivity index (χ3n) is 5.05. The quantitative estimate of drug-likeness (QED) is 0.669. The van der Waals surface area contributed by atoms with E-state index in [1.807, 2.05) is 26.0 Å². The average Bonchev–Trinajstić information content (AvgIpc) is 3.11. The Morgan fingerprint density at radius 3 is 2.53 bits per heavy atom. The lowest BCUT2D eigenvalue weighted by atomic mass is 10.2. The number of pyridine rings is 1. The molecule has 3 aromatic rings. The number of aryl methyl sites for hydroxylation is 2. The molecule has 0 spiro atoms. The molecule has 0 bridgehead atoms. The number of nitrogens with zero attached hydrogens (tertiary/aromatic N) is 3. The van der Waals surface area contributed by atoms with Gasteiger partial charge in [-0.15, -0.1) is 0 Å². The molecule has 1 fully saturated rings. The van der Waals surface area contributed by atoms with Crippen molar-refractivity contribution in [2.24, 2.45) is 0 Å². The maximum absolute atomic E-state index is 12.5. The Kier molecular flexibility index (Phi) is 5.94. The van der Waals surface area contributed by atoms with Crippen LogP contribution in [0.1, 0.15) is 27.4 Å². The van der Waals surface area contributed by atoms with Gasteiger partial charge in [0.2, 0.25) is 0 Å². The van der Waals surface area contributed by atoms with Crippen molar-refractivity contribution in [2.75, 3.05) is 36.5 Å². The van der Waals surface area contributed by atoms with E-state index in [9.17, 15) is 4.79 Å². The van der Waals surface area contributed by atoms with E-state index in [0.29, 0.717) is 23.7 Å². The standard InChI is InChI=1S/C22H24N4O4/c1-15-20(16(2)30-25-15)14-29-19-6-3-17(4-7-19)22(27)24-21-8-5-18(13-23-21)26-9-11-28-12-10-26/h3-8,13H,9-12,14H2,1-2H3,(H,23,24,27). The second kappa shape index (κ2) is 8.96. The number of rotatable bonds is 6. The van der Waals surface area contributed by atoms with E-state index in [0.717, 1.165) is 49.0 Å². The van der Waals surface area contributed by atoms with Crippen molar-refractivity contribution in [1.82, 2.24) is 10.1 Å². The predicted molar refractivity (Wildman–Crippen MR) is 112 cm³/mol. The van der Waals surface area contributed by atoms with Crippen molar-refractivity contribution in [3.8, 4) is 5.75 Å². The molecule has 0 atom stereocenters. The lowest BCUT2D eigenvalue weighted by molar-refractivity contribution is 0.102. The van der Waals surface area contributed by atoms with Crippen LogP contribution in [0.3, 0.4) is 0 Å². The summed E-state index contributed by atoms with van der Waals surface area (Å²) >= 11 is 0. The number of carbonyl (C=O) groups is 1. The number of amides is 1. The number of benzene rings is 1. The number of anilines is 2. The molecule has 0 aliphatic carbocycles. The van der Waals surface area contributed by atoms with Gasteiger partial charge in [-0.25, -0.2) is 4.98 Å². The van der Waals surface area contributed by atoms with Crippen LogP contribution in [0.15, 0.2) is 47.1 Å². The third kappa shape index (κ3) is 4.60. The molecular formula is C22H24N4O4. The van der Waals surface area contributed by atoms with Gasteiger partial charge in [0.1, 0.15) is 23.9 Å². The number of hydrogen-bond acceptors (Lipinski definition) is 7. The minimum absolute atomic E-state index is 0.223. The molecule has 156 valence electrons. The van der Waals surface area contributed by atoms with E-state index >= 15 is 0 Å². The van der Waals surface area contributed by atoms with Crippen LogP contribution < -0.4 is 15.0 Å². The molecular weight excluding hydrogens is 384 g/mol. The summed E-state index contributed by atoms with van der Waals surface area (Å²) in [6.45, 7) is 7.23. The molecule has 2 aromatic heterocycles. The summed E-state index contributed by atoms with van der Waals surface area (Å²) in [6, 6.07) is 10.7. The van der Waals surface area contributed by atoms with Crippen LogP contribution in [0.25, 0.3) is 0 Å². The van der Waals surface area contributed by atoms with Crippen LogP contribution >= 0.6 is 0 Å². The highest BCUT2D eigenvalue weighted by Crippen LogP contribution is 2.19. The molecule has 0 saturated carbocycles. The highest BCUT2D eigenvalue weighted by molar-refractivity contribution is 6.03. The number of nitrogens with one attached hydrogen (secondary N) is 1. The Labute approximate surface area is 174 Å². The highest BCUT2D eigenvalue weighted by Gasteiger charge is 2.13. The minimum atomic E-state index is -0.223. The molecule has 1 N–H and O–H groups in total. The van der Waals surface area contributed by atoms with Crippen LogP contribution in [0.4, 0.5) is 11.5 Å². The molecule has 1 aromatic carbocycles. The van der Waals surface area contributed by atoms with Gasteiger partial charge in [-0.3, -0.25) is 4.79 Å². The molecule has 30 heavy (non-hydrogen) atoms. The van der Waals surface area contributed by atoms with Gasteiger partial charge in [-0.05, 0) is 50.2 Å². The molecule has 3 heterocycles. The number of hydrogen-bond donors (Lipinski definition) is 1. The van der Waals surface area contributed by atoms with E-state index < -0.39 is 0 Å². The lowest BCUT2D eigenvalue weighted by Crippen LogP contribution is -2.36. The van der Waals surface area contributed by atoms with Gasteiger partial charge >= 0.3 is 0 Å². The summed E-state index contributed by atoms with van der Waals surface area (Å²) in [6.07, 6.45) is 1.77.